The average molecular weight is 181 g/mol. The molecular formula is C10H15NO2. The Morgan fingerprint density at radius 1 is 1.31 bits per heavy atom. The van der Waals surface area contributed by atoms with E-state index in [4.69, 9.17) is 15.2 Å². The quantitative estimate of drug-likeness (QED) is 0.572. The molecule has 0 spiro atoms. The minimum absolute atomic E-state index is 0.230. The highest BCUT2D eigenvalue weighted by Crippen LogP contribution is 2.27. The van der Waals surface area contributed by atoms with E-state index in [2.05, 4.69) is 0 Å². The van der Waals surface area contributed by atoms with Crippen molar-refractivity contribution in [2.45, 2.75) is 13.8 Å². The molecule has 0 bridgehead atoms. The van der Waals surface area contributed by atoms with Gasteiger partial charge in [0, 0.05) is 7.11 Å². The Balaban J connectivity index is 2.92. The molecule has 0 atom stereocenters. The van der Waals surface area contributed by atoms with E-state index >= 15 is 0 Å². The highest BCUT2D eigenvalue weighted by atomic mass is 16.7. The SMILES string of the molecule is COCOc1c(C)cc(C)cc1N. The van der Waals surface area contributed by atoms with Gasteiger partial charge < -0.3 is 15.2 Å². The first-order valence-electron chi connectivity index (χ1n) is 4.13. The summed E-state index contributed by atoms with van der Waals surface area (Å²) in [4.78, 5) is 0. The second kappa shape index (κ2) is 4.14. The van der Waals surface area contributed by atoms with Gasteiger partial charge in [-0.3, -0.25) is 0 Å². The van der Waals surface area contributed by atoms with Crippen LogP contribution < -0.4 is 10.5 Å². The lowest BCUT2D eigenvalue weighted by Gasteiger charge is -2.11. The molecule has 72 valence electrons. The van der Waals surface area contributed by atoms with E-state index in [1.54, 1.807) is 7.11 Å². The van der Waals surface area contributed by atoms with Gasteiger partial charge in [0.25, 0.3) is 0 Å². The van der Waals surface area contributed by atoms with Gasteiger partial charge in [0.2, 0.25) is 0 Å². The highest BCUT2D eigenvalue weighted by Gasteiger charge is 2.04. The third kappa shape index (κ3) is 2.36. The predicted molar refractivity (Wildman–Crippen MR) is 52.8 cm³/mol. The van der Waals surface area contributed by atoms with Gasteiger partial charge in [0.05, 0.1) is 5.69 Å². The molecule has 3 nitrogen and oxygen atoms in total. The number of hydrogen-bond donors (Lipinski definition) is 1. The van der Waals surface area contributed by atoms with Crippen LogP contribution in [0.2, 0.25) is 0 Å². The maximum absolute atomic E-state index is 5.78. The maximum atomic E-state index is 5.78. The monoisotopic (exact) mass is 181 g/mol. The van der Waals surface area contributed by atoms with Gasteiger partial charge in [0.15, 0.2) is 6.79 Å². The van der Waals surface area contributed by atoms with Gasteiger partial charge in [-0.05, 0) is 31.0 Å². The standard InChI is InChI=1S/C10H15NO2/c1-7-4-8(2)10(9(11)5-7)13-6-12-3/h4-5H,6,11H2,1-3H3. The molecule has 0 aliphatic rings. The van der Waals surface area contributed by atoms with E-state index in [9.17, 15) is 0 Å². The third-order valence-electron chi connectivity index (χ3n) is 1.77. The van der Waals surface area contributed by atoms with E-state index in [-0.39, 0.29) is 6.79 Å². The van der Waals surface area contributed by atoms with Gasteiger partial charge in [-0.1, -0.05) is 6.07 Å². The van der Waals surface area contributed by atoms with Crippen LogP contribution in [0, 0.1) is 13.8 Å². The molecule has 0 aliphatic carbocycles. The Hall–Kier alpha value is -1.22. The Bertz CT molecular complexity index is 274. The zero-order chi connectivity index (χ0) is 9.84. The fourth-order valence-electron chi connectivity index (χ4n) is 1.30. The van der Waals surface area contributed by atoms with Crippen molar-refractivity contribution < 1.29 is 9.47 Å². The highest BCUT2D eigenvalue weighted by molar-refractivity contribution is 5.58. The van der Waals surface area contributed by atoms with Crippen LogP contribution in [0.1, 0.15) is 11.1 Å². The van der Waals surface area contributed by atoms with Gasteiger partial charge >= 0.3 is 0 Å². The van der Waals surface area contributed by atoms with Crippen molar-refractivity contribution in [1.29, 1.82) is 0 Å². The van der Waals surface area contributed by atoms with Crippen molar-refractivity contribution in [3.63, 3.8) is 0 Å². The summed E-state index contributed by atoms with van der Waals surface area (Å²) in [7, 11) is 1.58. The molecule has 0 saturated carbocycles. The fraction of sp³-hybridized carbons (Fsp3) is 0.400. The summed E-state index contributed by atoms with van der Waals surface area (Å²) in [6.45, 7) is 4.20. The number of hydrogen-bond acceptors (Lipinski definition) is 3. The van der Waals surface area contributed by atoms with Crippen LogP contribution in [-0.4, -0.2) is 13.9 Å². The fourth-order valence-corrected chi connectivity index (χ4v) is 1.30. The summed E-state index contributed by atoms with van der Waals surface area (Å²) < 4.78 is 10.1. The molecule has 0 heterocycles. The lowest BCUT2D eigenvalue weighted by molar-refractivity contribution is 0.0512. The average Bonchev–Trinajstić information content (AvgIpc) is 2.02. The first kappa shape index (κ1) is 9.86. The van der Waals surface area contributed by atoms with Crippen LogP contribution in [0.4, 0.5) is 5.69 Å². The minimum Gasteiger partial charge on any atom is -0.465 e. The zero-order valence-corrected chi connectivity index (χ0v) is 8.26. The molecule has 13 heavy (non-hydrogen) atoms. The molecule has 0 unspecified atom stereocenters. The van der Waals surface area contributed by atoms with E-state index in [0.29, 0.717) is 11.4 Å². The normalized spacial score (nSPS) is 10.1. The van der Waals surface area contributed by atoms with Crippen LogP contribution in [0.3, 0.4) is 0 Å². The van der Waals surface area contributed by atoms with E-state index in [1.807, 2.05) is 26.0 Å². The first-order valence-corrected chi connectivity index (χ1v) is 4.13. The number of nitrogen functional groups attached to an aromatic ring is 1. The smallest absolute Gasteiger partial charge is 0.188 e. The summed E-state index contributed by atoms with van der Waals surface area (Å²) in [5.74, 6) is 0.715. The lowest BCUT2D eigenvalue weighted by atomic mass is 10.1. The van der Waals surface area contributed by atoms with Crippen molar-refractivity contribution in [2.75, 3.05) is 19.6 Å². The van der Waals surface area contributed by atoms with Crippen LogP contribution in [0.15, 0.2) is 12.1 Å². The van der Waals surface area contributed by atoms with Crippen molar-refractivity contribution in [3.05, 3.63) is 23.3 Å². The summed E-state index contributed by atoms with van der Waals surface area (Å²) in [6.07, 6.45) is 0. The minimum atomic E-state index is 0.230. The van der Waals surface area contributed by atoms with Crippen LogP contribution in [-0.2, 0) is 4.74 Å². The second-order valence-electron chi connectivity index (χ2n) is 3.05. The number of methoxy groups -OCH3 is 1. The summed E-state index contributed by atoms with van der Waals surface area (Å²) in [5.41, 5.74) is 8.62. The molecule has 0 fully saturated rings. The summed E-state index contributed by atoms with van der Waals surface area (Å²) in [5, 5.41) is 0. The van der Waals surface area contributed by atoms with Crippen molar-refractivity contribution in [1.82, 2.24) is 0 Å². The number of anilines is 1. The Morgan fingerprint density at radius 3 is 2.54 bits per heavy atom. The molecule has 2 N–H and O–H groups in total. The summed E-state index contributed by atoms with van der Waals surface area (Å²) in [6, 6.07) is 3.92. The Morgan fingerprint density at radius 2 is 2.00 bits per heavy atom. The van der Waals surface area contributed by atoms with Gasteiger partial charge in [-0.15, -0.1) is 0 Å². The molecular weight excluding hydrogens is 166 g/mol. The molecule has 1 rings (SSSR count). The van der Waals surface area contributed by atoms with E-state index < -0.39 is 0 Å². The van der Waals surface area contributed by atoms with Gasteiger partial charge in [-0.2, -0.15) is 0 Å². The van der Waals surface area contributed by atoms with E-state index in [1.165, 1.54) is 0 Å². The molecule has 0 saturated heterocycles. The predicted octanol–water partition coefficient (Wildman–Crippen LogP) is 1.87. The second-order valence-corrected chi connectivity index (χ2v) is 3.05. The third-order valence-corrected chi connectivity index (χ3v) is 1.77. The zero-order valence-electron chi connectivity index (χ0n) is 8.26. The topological polar surface area (TPSA) is 44.5 Å². The molecule has 1 aromatic rings. The number of nitrogens with two attached hydrogens (primary N) is 1. The summed E-state index contributed by atoms with van der Waals surface area (Å²) >= 11 is 0. The number of ether oxygens (including phenoxy) is 2. The molecule has 0 aliphatic heterocycles. The Kier molecular flexibility index (Phi) is 3.14. The maximum Gasteiger partial charge on any atom is 0.188 e. The number of rotatable bonds is 3. The van der Waals surface area contributed by atoms with Gasteiger partial charge in [0.1, 0.15) is 5.75 Å². The van der Waals surface area contributed by atoms with Crippen molar-refractivity contribution in [2.24, 2.45) is 0 Å². The number of aryl methyl sites for hydroxylation is 2. The largest absolute Gasteiger partial charge is 0.465 e. The first-order chi connectivity index (χ1) is 6.15. The molecule has 0 aromatic heterocycles. The van der Waals surface area contributed by atoms with Crippen LogP contribution in [0.5, 0.6) is 5.75 Å². The molecule has 0 radical (unpaired) electrons. The Labute approximate surface area is 78.5 Å². The van der Waals surface area contributed by atoms with Crippen LogP contribution in [0.25, 0.3) is 0 Å². The molecule has 1 aromatic carbocycles. The molecule has 3 heteroatoms. The van der Waals surface area contributed by atoms with Crippen molar-refractivity contribution >= 4 is 5.69 Å². The lowest BCUT2D eigenvalue weighted by Crippen LogP contribution is -2.03. The van der Waals surface area contributed by atoms with Gasteiger partial charge in [-0.25, -0.2) is 0 Å². The van der Waals surface area contributed by atoms with Crippen LogP contribution >= 0.6 is 0 Å². The molecule has 0 amide bonds. The number of benzene rings is 1. The van der Waals surface area contributed by atoms with E-state index in [0.717, 1.165) is 11.1 Å². The van der Waals surface area contributed by atoms with Crippen molar-refractivity contribution in [3.8, 4) is 5.75 Å².